The summed E-state index contributed by atoms with van der Waals surface area (Å²) in [5.41, 5.74) is 2.76. The molecular formula is C21H25N5O4S. The fraction of sp³-hybridized carbons (Fsp3) is 0.333. The normalized spacial score (nSPS) is 11.9. The zero-order valence-corrected chi connectivity index (χ0v) is 18.9. The first-order valence-corrected chi connectivity index (χ1v) is 11.6. The minimum atomic E-state index is -3.54. The van der Waals surface area contributed by atoms with Crippen LogP contribution < -0.4 is 5.32 Å². The Bertz CT molecular complexity index is 1200. The molecule has 0 bridgehead atoms. The molecule has 0 saturated carbocycles. The summed E-state index contributed by atoms with van der Waals surface area (Å²) in [5, 5.41) is 6.87. The number of amides is 1. The summed E-state index contributed by atoms with van der Waals surface area (Å²) in [4.78, 5) is 20.0. The number of carbonyl (C=O) groups excluding carboxylic acids is 1. The van der Waals surface area contributed by atoms with Crippen LogP contribution >= 0.6 is 0 Å². The second-order valence-electron chi connectivity index (χ2n) is 7.92. The van der Waals surface area contributed by atoms with Crippen LogP contribution in [0.25, 0.3) is 22.5 Å². The summed E-state index contributed by atoms with van der Waals surface area (Å²) in [7, 11) is -3.54. The Kier molecular flexibility index (Phi) is 6.12. The molecule has 0 aliphatic carbocycles. The molecule has 164 valence electrons. The van der Waals surface area contributed by atoms with Crippen molar-refractivity contribution in [3.63, 3.8) is 0 Å². The molecule has 10 heteroatoms. The molecular weight excluding hydrogens is 418 g/mol. The number of aromatic nitrogens is 4. The third-order valence-electron chi connectivity index (χ3n) is 4.18. The number of anilines is 1. The Morgan fingerprint density at radius 1 is 1.16 bits per heavy atom. The topological polar surface area (TPSA) is 116 Å². The van der Waals surface area contributed by atoms with Gasteiger partial charge >= 0.3 is 6.09 Å². The number of rotatable bonds is 5. The summed E-state index contributed by atoms with van der Waals surface area (Å²) in [5.74, 6) is 0. The van der Waals surface area contributed by atoms with Crippen LogP contribution in [-0.4, -0.2) is 46.1 Å². The van der Waals surface area contributed by atoms with Crippen LogP contribution in [0.1, 0.15) is 27.7 Å². The molecule has 31 heavy (non-hydrogen) atoms. The number of nitrogens with one attached hydrogen (secondary N) is 1. The van der Waals surface area contributed by atoms with E-state index in [1.165, 1.54) is 6.20 Å². The van der Waals surface area contributed by atoms with Gasteiger partial charge in [0.15, 0.2) is 0 Å². The first-order valence-electron chi connectivity index (χ1n) is 9.67. The van der Waals surface area contributed by atoms with Crippen LogP contribution in [0.5, 0.6) is 0 Å². The van der Waals surface area contributed by atoms with Gasteiger partial charge in [-0.05, 0) is 45.9 Å². The van der Waals surface area contributed by atoms with Gasteiger partial charge in [-0.1, -0.05) is 12.1 Å². The average Bonchev–Trinajstić information content (AvgIpc) is 3.10. The molecule has 0 radical (unpaired) electrons. The van der Waals surface area contributed by atoms with E-state index < -0.39 is 21.5 Å². The summed E-state index contributed by atoms with van der Waals surface area (Å²) in [6.07, 6.45) is 3.60. The Balaban J connectivity index is 1.95. The molecule has 0 unspecified atom stereocenters. The van der Waals surface area contributed by atoms with Crippen molar-refractivity contribution < 1.29 is 17.9 Å². The van der Waals surface area contributed by atoms with Gasteiger partial charge < -0.3 is 4.74 Å². The zero-order valence-electron chi connectivity index (χ0n) is 18.1. The monoisotopic (exact) mass is 443 g/mol. The van der Waals surface area contributed by atoms with E-state index in [0.717, 1.165) is 17.5 Å². The molecule has 0 spiro atoms. The largest absolute Gasteiger partial charge is 0.444 e. The molecule has 0 saturated heterocycles. The first kappa shape index (κ1) is 22.4. The van der Waals surface area contributed by atoms with Gasteiger partial charge in [-0.3, -0.25) is 10.00 Å². The van der Waals surface area contributed by atoms with Crippen LogP contribution in [0.3, 0.4) is 0 Å². The quantitative estimate of drug-likeness (QED) is 0.597. The van der Waals surface area contributed by atoms with E-state index in [2.05, 4.69) is 20.4 Å². The minimum absolute atomic E-state index is 0.239. The number of hydrogen-bond donors (Lipinski definition) is 1. The minimum Gasteiger partial charge on any atom is -0.444 e. The van der Waals surface area contributed by atoms with Gasteiger partial charge in [-0.15, -0.1) is 0 Å². The third kappa shape index (κ3) is 5.46. The van der Waals surface area contributed by atoms with E-state index in [4.69, 9.17) is 4.74 Å². The smallest absolute Gasteiger partial charge is 0.412 e. The standard InChI is InChI=1S/C21H25N5O4S/c1-6-26-18(14-7-9-15(10-8-14)24-20(27)30-21(2,3)4)16(13-23-26)17-11-12-22-19(25-17)31(5,28)29/h7-13H,6H2,1-5H3,(H,24,27). The summed E-state index contributed by atoms with van der Waals surface area (Å²) >= 11 is 0. The van der Waals surface area contributed by atoms with E-state index in [0.29, 0.717) is 23.5 Å². The van der Waals surface area contributed by atoms with Crippen molar-refractivity contribution in [1.29, 1.82) is 0 Å². The first-order chi connectivity index (χ1) is 14.5. The van der Waals surface area contributed by atoms with E-state index in [9.17, 15) is 13.2 Å². The molecule has 9 nitrogen and oxygen atoms in total. The Morgan fingerprint density at radius 2 is 1.84 bits per heavy atom. The highest BCUT2D eigenvalue weighted by Crippen LogP contribution is 2.32. The van der Waals surface area contributed by atoms with Gasteiger partial charge in [0.25, 0.3) is 0 Å². The maximum Gasteiger partial charge on any atom is 0.412 e. The molecule has 0 aliphatic rings. The molecule has 2 aromatic heterocycles. The molecule has 2 heterocycles. The Morgan fingerprint density at radius 3 is 2.42 bits per heavy atom. The SMILES string of the molecule is CCn1ncc(-c2ccnc(S(C)(=O)=O)n2)c1-c1ccc(NC(=O)OC(C)(C)C)cc1. The molecule has 1 aromatic carbocycles. The summed E-state index contributed by atoms with van der Waals surface area (Å²) in [6.45, 7) is 7.96. The third-order valence-corrected chi connectivity index (χ3v) is 5.04. The number of nitrogens with zero attached hydrogens (tertiary/aromatic N) is 4. The lowest BCUT2D eigenvalue weighted by atomic mass is 10.0. The lowest BCUT2D eigenvalue weighted by molar-refractivity contribution is 0.0636. The van der Waals surface area contributed by atoms with Crippen LogP contribution in [0.4, 0.5) is 10.5 Å². The number of aryl methyl sites for hydroxylation is 1. The van der Waals surface area contributed by atoms with Crippen molar-refractivity contribution in [2.24, 2.45) is 0 Å². The van der Waals surface area contributed by atoms with Crippen molar-refractivity contribution in [3.8, 4) is 22.5 Å². The maximum absolute atomic E-state index is 12.0. The van der Waals surface area contributed by atoms with Crippen LogP contribution in [0.2, 0.25) is 0 Å². The summed E-state index contributed by atoms with van der Waals surface area (Å²) < 4.78 is 30.8. The number of sulfone groups is 1. The van der Waals surface area contributed by atoms with Crippen molar-refractivity contribution in [1.82, 2.24) is 19.7 Å². The van der Waals surface area contributed by atoms with Crippen LogP contribution in [0, 0.1) is 0 Å². The van der Waals surface area contributed by atoms with Crippen LogP contribution in [0.15, 0.2) is 47.9 Å². The van der Waals surface area contributed by atoms with Crippen molar-refractivity contribution in [2.75, 3.05) is 11.6 Å². The highest BCUT2D eigenvalue weighted by atomic mass is 32.2. The number of hydrogen-bond acceptors (Lipinski definition) is 7. The second-order valence-corrected chi connectivity index (χ2v) is 9.83. The predicted octanol–water partition coefficient (Wildman–Crippen LogP) is 3.78. The van der Waals surface area contributed by atoms with E-state index in [1.807, 2.05) is 19.1 Å². The Labute approximate surface area is 181 Å². The fourth-order valence-electron chi connectivity index (χ4n) is 2.92. The Hall–Kier alpha value is -3.27. The van der Waals surface area contributed by atoms with Crippen molar-refractivity contribution in [3.05, 3.63) is 42.7 Å². The molecule has 0 aliphatic heterocycles. The number of ether oxygens (including phenoxy) is 1. The van der Waals surface area contributed by atoms with Crippen molar-refractivity contribution in [2.45, 2.75) is 45.0 Å². The van der Waals surface area contributed by atoms with E-state index >= 15 is 0 Å². The molecule has 0 atom stereocenters. The lowest BCUT2D eigenvalue weighted by Gasteiger charge is -2.19. The number of benzene rings is 1. The number of carbonyl (C=O) groups is 1. The molecule has 1 amide bonds. The molecule has 3 aromatic rings. The molecule has 0 fully saturated rings. The highest BCUT2D eigenvalue weighted by Gasteiger charge is 2.19. The van der Waals surface area contributed by atoms with Gasteiger partial charge in [0, 0.05) is 35.8 Å². The molecule has 1 N–H and O–H groups in total. The molecule has 3 rings (SSSR count). The van der Waals surface area contributed by atoms with Crippen molar-refractivity contribution >= 4 is 21.6 Å². The van der Waals surface area contributed by atoms with Gasteiger partial charge in [0.2, 0.25) is 15.0 Å². The van der Waals surface area contributed by atoms with Gasteiger partial charge in [0.05, 0.1) is 17.6 Å². The lowest BCUT2D eigenvalue weighted by Crippen LogP contribution is -2.27. The second kappa shape index (κ2) is 8.46. The maximum atomic E-state index is 12.0. The van der Waals surface area contributed by atoms with Gasteiger partial charge in [0.1, 0.15) is 5.60 Å². The van der Waals surface area contributed by atoms with E-state index in [-0.39, 0.29) is 5.16 Å². The fourth-order valence-corrected chi connectivity index (χ4v) is 3.44. The zero-order chi connectivity index (χ0) is 22.8. The van der Waals surface area contributed by atoms with Crippen LogP contribution in [-0.2, 0) is 21.1 Å². The predicted molar refractivity (Wildman–Crippen MR) is 117 cm³/mol. The van der Waals surface area contributed by atoms with Gasteiger partial charge in [-0.25, -0.2) is 23.2 Å². The highest BCUT2D eigenvalue weighted by molar-refractivity contribution is 7.90. The average molecular weight is 444 g/mol. The summed E-state index contributed by atoms with van der Waals surface area (Å²) in [6, 6.07) is 8.86. The van der Waals surface area contributed by atoms with E-state index in [1.54, 1.807) is 49.8 Å². The van der Waals surface area contributed by atoms with Gasteiger partial charge in [-0.2, -0.15) is 5.10 Å².